The highest BCUT2D eigenvalue weighted by Gasteiger charge is 2.14. The molecule has 3 N–H and O–H groups in total. The first-order chi connectivity index (χ1) is 7.58. The fourth-order valence-corrected chi connectivity index (χ4v) is 1.58. The van der Waals surface area contributed by atoms with E-state index in [9.17, 15) is 4.79 Å². The Morgan fingerprint density at radius 1 is 1.50 bits per heavy atom. The summed E-state index contributed by atoms with van der Waals surface area (Å²) < 4.78 is 5.12. The molecule has 0 aliphatic heterocycles. The Hall–Kier alpha value is -1.55. The molecule has 0 spiro atoms. The van der Waals surface area contributed by atoms with E-state index in [1.807, 2.05) is 25.1 Å². The van der Waals surface area contributed by atoms with Crippen LogP contribution in [0.5, 0.6) is 5.75 Å². The van der Waals surface area contributed by atoms with Crippen molar-refractivity contribution in [3.05, 3.63) is 29.3 Å². The second kappa shape index (κ2) is 5.51. The van der Waals surface area contributed by atoms with Gasteiger partial charge in [0.1, 0.15) is 11.8 Å². The minimum absolute atomic E-state index is 0.350. The van der Waals surface area contributed by atoms with Crippen LogP contribution in [0.15, 0.2) is 18.2 Å². The maximum absolute atomic E-state index is 10.7. The second-order valence-electron chi connectivity index (χ2n) is 3.64. The van der Waals surface area contributed by atoms with Crippen LogP contribution in [-0.2, 0) is 17.6 Å². The monoisotopic (exact) mass is 223 g/mol. The molecule has 1 unspecified atom stereocenters. The van der Waals surface area contributed by atoms with Crippen molar-refractivity contribution in [2.45, 2.75) is 25.8 Å². The lowest BCUT2D eigenvalue weighted by Gasteiger charge is -2.12. The highest BCUT2D eigenvalue weighted by Crippen LogP contribution is 2.19. The van der Waals surface area contributed by atoms with E-state index in [1.54, 1.807) is 7.11 Å². The number of hydrogen-bond acceptors (Lipinski definition) is 3. The Balaban J connectivity index is 2.91. The standard InChI is InChI=1S/C12H17NO3/c1-3-8-6-10(16-2)5-4-9(8)7-11(13)12(14)15/h4-6,11H,3,7,13H2,1-2H3,(H,14,15). The molecule has 4 heteroatoms. The Kier molecular flexibility index (Phi) is 4.31. The van der Waals surface area contributed by atoms with Gasteiger partial charge in [0.15, 0.2) is 0 Å². The zero-order chi connectivity index (χ0) is 12.1. The summed E-state index contributed by atoms with van der Waals surface area (Å²) in [4.78, 5) is 10.7. The molecule has 1 rings (SSSR count). The summed E-state index contributed by atoms with van der Waals surface area (Å²) >= 11 is 0. The average molecular weight is 223 g/mol. The van der Waals surface area contributed by atoms with Crippen molar-refractivity contribution in [2.24, 2.45) is 5.73 Å². The van der Waals surface area contributed by atoms with Gasteiger partial charge in [-0.05, 0) is 36.1 Å². The molecule has 88 valence electrons. The summed E-state index contributed by atoms with van der Waals surface area (Å²) in [5, 5.41) is 8.76. The third-order valence-electron chi connectivity index (χ3n) is 2.55. The molecule has 0 fully saturated rings. The van der Waals surface area contributed by atoms with E-state index >= 15 is 0 Å². The molecule has 0 bridgehead atoms. The van der Waals surface area contributed by atoms with Crippen LogP contribution in [0.25, 0.3) is 0 Å². The number of aryl methyl sites for hydroxylation is 1. The first-order valence-corrected chi connectivity index (χ1v) is 5.22. The first kappa shape index (κ1) is 12.5. The number of rotatable bonds is 5. The third-order valence-corrected chi connectivity index (χ3v) is 2.55. The van der Waals surface area contributed by atoms with Crippen LogP contribution in [-0.4, -0.2) is 24.2 Å². The quantitative estimate of drug-likeness (QED) is 0.787. The van der Waals surface area contributed by atoms with E-state index in [0.29, 0.717) is 6.42 Å². The van der Waals surface area contributed by atoms with Crippen LogP contribution in [0.3, 0.4) is 0 Å². The van der Waals surface area contributed by atoms with Crippen LogP contribution in [0.4, 0.5) is 0 Å². The Bertz CT molecular complexity index is 377. The van der Waals surface area contributed by atoms with Gasteiger partial charge in [-0.15, -0.1) is 0 Å². The van der Waals surface area contributed by atoms with Gasteiger partial charge in [0, 0.05) is 0 Å². The number of aliphatic carboxylic acids is 1. The zero-order valence-electron chi connectivity index (χ0n) is 9.56. The number of methoxy groups -OCH3 is 1. The molecular weight excluding hydrogens is 206 g/mol. The highest BCUT2D eigenvalue weighted by atomic mass is 16.5. The predicted octanol–water partition coefficient (Wildman–Crippen LogP) is 1.21. The SMILES string of the molecule is CCc1cc(OC)ccc1CC(N)C(=O)O. The Morgan fingerprint density at radius 2 is 2.19 bits per heavy atom. The number of nitrogens with two attached hydrogens (primary N) is 1. The van der Waals surface area contributed by atoms with Gasteiger partial charge in [0.25, 0.3) is 0 Å². The van der Waals surface area contributed by atoms with Crippen molar-refractivity contribution in [1.82, 2.24) is 0 Å². The average Bonchev–Trinajstić information content (AvgIpc) is 2.29. The molecule has 4 nitrogen and oxygen atoms in total. The summed E-state index contributed by atoms with van der Waals surface area (Å²) in [6.45, 7) is 2.02. The fraction of sp³-hybridized carbons (Fsp3) is 0.417. The van der Waals surface area contributed by atoms with Gasteiger partial charge in [-0.2, -0.15) is 0 Å². The summed E-state index contributed by atoms with van der Waals surface area (Å²) in [6.07, 6.45) is 1.18. The Morgan fingerprint density at radius 3 is 2.69 bits per heavy atom. The fourth-order valence-electron chi connectivity index (χ4n) is 1.58. The number of carboxylic acid groups (broad SMARTS) is 1. The normalized spacial score (nSPS) is 12.2. The van der Waals surface area contributed by atoms with Crippen LogP contribution in [0, 0.1) is 0 Å². The maximum Gasteiger partial charge on any atom is 0.320 e. The zero-order valence-corrected chi connectivity index (χ0v) is 9.56. The van der Waals surface area contributed by atoms with Crippen molar-refractivity contribution in [3.63, 3.8) is 0 Å². The van der Waals surface area contributed by atoms with E-state index in [4.69, 9.17) is 15.6 Å². The molecule has 0 radical (unpaired) electrons. The van der Waals surface area contributed by atoms with Crippen molar-refractivity contribution in [3.8, 4) is 5.75 Å². The molecule has 0 saturated carbocycles. The molecule has 0 aliphatic rings. The number of carboxylic acids is 1. The molecule has 0 aliphatic carbocycles. The lowest BCUT2D eigenvalue weighted by atomic mass is 9.98. The molecule has 0 amide bonds. The molecule has 16 heavy (non-hydrogen) atoms. The molecule has 1 aromatic carbocycles. The van der Waals surface area contributed by atoms with Gasteiger partial charge in [-0.3, -0.25) is 4.79 Å². The van der Waals surface area contributed by atoms with Crippen LogP contribution < -0.4 is 10.5 Å². The second-order valence-corrected chi connectivity index (χ2v) is 3.64. The van der Waals surface area contributed by atoms with E-state index < -0.39 is 12.0 Å². The number of hydrogen-bond donors (Lipinski definition) is 2. The van der Waals surface area contributed by atoms with Gasteiger partial charge in [-0.25, -0.2) is 0 Å². The third kappa shape index (κ3) is 2.97. The number of carbonyl (C=O) groups is 1. The van der Waals surface area contributed by atoms with Gasteiger partial charge in [0.2, 0.25) is 0 Å². The van der Waals surface area contributed by atoms with E-state index in [2.05, 4.69) is 0 Å². The van der Waals surface area contributed by atoms with E-state index in [-0.39, 0.29) is 0 Å². The number of benzene rings is 1. The molecule has 0 aromatic heterocycles. The highest BCUT2D eigenvalue weighted by molar-refractivity contribution is 5.73. The Labute approximate surface area is 95.0 Å². The minimum Gasteiger partial charge on any atom is -0.497 e. The van der Waals surface area contributed by atoms with E-state index in [0.717, 1.165) is 23.3 Å². The van der Waals surface area contributed by atoms with E-state index in [1.165, 1.54) is 0 Å². The van der Waals surface area contributed by atoms with Gasteiger partial charge in [-0.1, -0.05) is 13.0 Å². The van der Waals surface area contributed by atoms with Crippen molar-refractivity contribution in [2.75, 3.05) is 7.11 Å². The molecule has 1 atom stereocenters. The summed E-state index contributed by atoms with van der Waals surface area (Å²) in [5.41, 5.74) is 7.56. The lowest BCUT2D eigenvalue weighted by Crippen LogP contribution is -2.32. The topological polar surface area (TPSA) is 72.5 Å². The molecule has 0 saturated heterocycles. The van der Waals surface area contributed by atoms with Crippen molar-refractivity contribution < 1.29 is 14.6 Å². The summed E-state index contributed by atoms with van der Waals surface area (Å²) in [5.74, 6) is -0.192. The van der Waals surface area contributed by atoms with Gasteiger partial charge in [0.05, 0.1) is 7.11 Å². The van der Waals surface area contributed by atoms with Crippen LogP contribution >= 0.6 is 0 Å². The predicted molar refractivity (Wildman–Crippen MR) is 61.7 cm³/mol. The molecule has 0 heterocycles. The molecule has 1 aromatic rings. The lowest BCUT2D eigenvalue weighted by molar-refractivity contribution is -0.138. The van der Waals surface area contributed by atoms with Gasteiger partial charge >= 0.3 is 5.97 Å². The maximum atomic E-state index is 10.7. The summed E-state index contributed by atoms with van der Waals surface area (Å²) in [7, 11) is 1.61. The van der Waals surface area contributed by atoms with Crippen LogP contribution in [0.2, 0.25) is 0 Å². The number of ether oxygens (including phenoxy) is 1. The first-order valence-electron chi connectivity index (χ1n) is 5.22. The van der Waals surface area contributed by atoms with Gasteiger partial charge < -0.3 is 15.6 Å². The molecular formula is C12H17NO3. The van der Waals surface area contributed by atoms with Crippen LogP contribution in [0.1, 0.15) is 18.1 Å². The summed E-state index contributed by atoms with van der Waals surface area (Å²) in [6, 6.07) is 4.77. The minimum atomic E-state index is -0.974. The largest absolute Gasteiger partial charge is 0.497 e. The van der Waals surface area contributed by atoms with Crippen molar-refractivity contribution >= 4 is 5.97 Å². The van der Waals surface area contributed by atoms with Crippen molar-refractivity contribution in [1.29, 1.82) is 0 Å². The smallest absolute Gasteiger partial charge is 0.320 e.